The Labute approximate surface area is 92.9 Å². The van der Waals surface area contributed by atoms with Gasteiger partial charge in [-0.2, -0.15) is 0 Å². The van der Waals surface area contributed by atoms with Crippen LogP contribution in [0.2, 0.25) is 0 Å². The standard InChI is InChI=1S/C14H20O/c1-2-3-11-14(15)12-7-10-13-8-5-4-6-9-13/h2-3,11,13-15H,1,4-6,8-9,12H2. The van der Waals surface area contributed by atoms with Crippen molar-refractivity contribution in [3.63, 3.8) is 0 Å². The minimum atomic E-state index is -0.445. The van der Waals surface area contributed by atoms with Gasteiger partial charge < -0.3 is 5.11 Å². The Morgan fingerprint density at radius 3 is 2.73 bits per heavy atom. The first-order valence-electron chi connectivity index (χ1n) is 5.78. The number of hydrogen-bond acceptors (Lipinski definition) is 1. The van der Waals surface area contributed by atoms with Crippen LogP contribution in [0.5, 0.6) is 0 Å². The van der Waals surface area contributed by atoms with E-state index in [0.717, 1.165) is 0 Å². The smallest absolute Gasteiger partial charge is 0.0833 e. The van der Waals surface area contributed by atoms with Crippen molar-refractivity contribution in [1.29, 1.82) is 0 Å². The Morgan fingerprint density at radius 2 is 2.07 bits per heavy atom. The van der Waals surface area contributed by atoms with Gasteiger partial charge >= 0.3 is 0 Å². The Hall–Kier alpha value is -1.00. The van der Waals surface area contributed by atoms with Crippen LogP contribution in [0, 0.1) is 17.8 Å². The van der Waals surface area contributed by atoms with Crippen LogP contribution in [0.25, 0.3) is 0 Å². The number of rotatable bonds is 3. The summed E-state index contributed by atoms with van der Waals surface area (Å²) in [7, 11) is 0. The molecule has 0 aromatic rings. The fraction of sp³-hybridized carbons (Fsp3) is 0.571. The highest BCUT2D eigenvalue weighted by Gasteiger charge is 2.09. The number of hydrogen-bond donors (Lipinski definition) is 1. The molecule has 1 saturated carbocycles. The van der Waals surface area contributed by atoms with Crippen molar-refractivity contribution in [3.05, 3.63) is 24.8 Å². The molecule has 1 N–H and O–H groups in total. The Balaban J connectivity index is 2.25. The second kappa shape index (κ2) is 7.31. The SMILES string of the molecule is C=CC=CC(O)CC#CC1CCCCC1. The second-order valence-electron chi connectivity index (χ2n) is 4.05. The Bertz CT molecular complexity index is 261. The fourth-order valence-corrected chi connectivity index (χ4v) is 1.83. The van der Waals surface area contributed by atoms with Crippen molar-refractivity contribution in [3.8, 4) is 11.8 Å². The average molecular weight is 204 g/mol. The first kappa shape index (κ1) is 12.1. The molecule has 1 aliphatic carbocycles. The minimum Gasteiger partial charge on any atom is -0.388 e. The minimum absolute atomic E-state index is 0.445. The van der Waals surface area contributed by atoms with Crippen molar-refractivity contribution in [2.24, 2.45) is 5.92 Å². The van der Waals surface area contributed by atoms with Crippen molar-refractivity contribution in [2.75, 3.05) is 0 Å². The molecule has 0 saturated heterocycles. The molecule has 0 spiro atoms. The van der Waals surface area contributed by atoms with Gasteiger partial charge in [-0.15, -0.1) is 0 Å². The summed E-state index contributed by atoms with van der Waals surface area (Å²) in [5.74, 6) is 6.92. The highest BCUT2D eigenvalue weighted by molar-refractivity contribution is 5.09. The number of allylic oxidation sites excluding steroid dienone is 2. The van der Waals surface area contributed by atoms with Gasteiger partial charge in [0, 0.05) is 12.3 Å². The lowest BCUT2D eigenvalue weighted by atomic mass is 9.90. The van der Waals surface area contributed by atoms with E-state index in [-0.39, 0.29) is 0 Å². The van der Waals surface area contributed by atoms with Crippen molar-refractivity contribution in [1.82, 2.24) is 0 Å². The van der Waals surface area contributed by atoms with Crippen LogP contribution in [-0.4, -0.2) is 11.2 Å². The van der Waals surface area contributed by atoms with E-state index in [2.05, 4.69) is 18.4 Å². The van der Waals surface area contributed by atoms with Crippen LogP contribution in [0.15, 0.2) is 24.8 Å². The first-order valence-corrected chi connectivity index (χ1v) is 5.78. The van der Waals surface area contributed by atoms with E-state index >= 15 is 0 Å². The highest BCUT2D eigenvalue weighted by atomic mass is 16.3. The van der Waals surface area contributed by atoms with Crippen LogP contribution >= 0.6 is 0 Å². The molecule has 0 heterocycles. The largest absolute Gasteiger partial charge is 0.388 e. The molecule has 1 rings (SSSR count). The molecule has 1 unspecified atom stereocenters. The van der Waals surface area contributed by atoms with Crippen molar-refractivity contribution in [2.45, 2.75) is 44.6 Å². The molecule has 0 aliphatic heterocycles. The monoisotopic (exact) mass is 204 g/mol. The molecule has 1 aliphatic rings. The maximum atomic E-state index is 9.47. The van der Waals surface area contributed by atoms with Gasteiger partial charge in [-0.3, -0.25) is 0 Å². The van der Waals surface area contributed by atoms with E-state index in [1.807, 2.05) is 0 Å². The molecule has 15 heavy (non-hydrogen) atoms. The quantitative estimate of drug-likeness (QED) is 0.553. The third-order valence-corrected chi connectivity index (χ3v) is 2.69. The van der Waals surface area contributed by atoms with Crippen LogP contribution in [0.1, 0.15) is 38.5 Å². The van der Waals surface area contributed by atoms with Crippen LogP contribution < -0.4 is 0 Å². The summed E-state index contributed by atoms with van der Waals surface area (Å²) in [6.07, 6.45) is 11.7. The first-order chi connectivity index (χ1) is 7.33. The molecule has 1 fully saturated rings. The summed E-state index contributed by atoms with van der Waals surface area (Å²) in [6, 6.07) is 0. The zero-order valence-electron chi connectivity index (χ0n) is 9.28. The zero-order chi connectivity index (χ0) is 10.9. The molecule has 1 atom stereocenters. The normalized spacial score (nSPS) is 19.5. The van der Waals surface area contributed by atoms with Gasteiger partial charge in [0.25, 0.3) is 0 Å². The van der Waals surface area contributed by atoms with Crippen LogP contribution in [0.3, 0.4) is 0 Å². The maximum absolute atomic E-state index is 9.47. The second-order valence-corrected chi connectivity index (χ2v) is 4.05. The summed E-state index contributed by atoms with van der Waals surface area (Å²) in [4.78, 5) is 0. The molecule has 0 radical (unpaired) electrons. The number of aliphatic hydroxyl groups excluding tert-OH is 1. The van der Waals surface area contributed by atoms with Crippen molar-refractivity contribution < 1.29 is 5.11 Å². The molecule has 0 aromatic heterocycles. The fourth-order valence-electron chi connectivity index (χ4n) is 1.83. The molecule has 82 valence electrons. The highest BCUT2D eigenvalue weighted by Crippen LogP contribution is 2.22. The Kier molecular flexibility index (Phi) is 5.88. The lowest BCUT2D eigenvalue weighted by Crippen LogP contribution is -2.04. The van der Waals surface area contributed by atoms with Crippen molar-refractivity contribution >= 4 is 0 Å². The molecule has 0 bridgehead atoms. The van der Waals surface area contributed by atoms with E-state index < -0.39 is 6.10 Å². The third kappa shape index (κ3) is 5.44. The average Bonchev–Trinajstić information content (AvgIpc) is 2.28. The van der Waals surface area contributed by atoms with Gasteiger partial charge in [-0.25, -0.2) is 0 Å². The predicted octanol–water partition coefficient (Wildman–Crippen LogP) is 3.06. The van der Waals surface area contributed by atoms with Gasteiger partial charge in [0.2, 0.25) is 0 Å². The lowest BCUT2D eigenvalue weighted by Gasteiger charge is -2.15. The summed E-state index contributed by atoms with van der Waals surface area (Å²) in [5, 5.41) is 9.47. The van der Waals surface area contributed by atoms with E-state index in [4.69, 9.17) is 0 Å². The summed E-state index contributed by atoms with van der Waals surface area (Å²) < 4.78 is 0. The molecule has 1 nitrogen and oxygen atoms in total. The third-order valence-electron chi connectivity index (χ3n) is 2.69. The van der Waals surface area contributed by atoms with Crippen LogP contribution in [0.4, 0.5) is 0 Å². The summed E-state index contributed by atoms with van der Waals surface area (Å²) in [5.41, 5.74) is 0. The van der Waals surface area contributed by atoms with Crippen LogP contribution in [-0.2, 0) is 0 Å². The van der Waals surface area contributed by atoms with Gasteiger partial charge in [0.15, 0.2) is 0 Å². The lowest BCUT2D eigenvalue weighted by molar-refractivity contribution is 0.229. The topological polar surface area (TPSA) is 20.2 Å². The van der Waals surface area contributed by atoms with E-state index in [9.17, 15) is 5.11 Å². The van der Waals surface area contributed by atoms with E-state index in [0.29, 0.717) is 12.3 Å². The predicted molar refractivity (Wildman–Crippen MR) is 64.3 cm³/mol. The van der Waals surface area contributed by atoms with E-state index in [1.54, 1.807) is 18.2 Å². The zero-order valence-corrected chi connectivity index (χ0v) is 9.28. The van der Waals surface area contributed by atoms with Gasteiger partial charge in [-0.1, -0.05) is 55.9 Å². The molecular weight excluding hydrogens is 184 g/mol. The van der Waals surface area contributed by atoms with Gasteiger partial charge in [-0.05, 0) is 12.8 Å². The maximum Gasteiger partial charge on any atom is 0.0833 e. The molecule has 1 heteroatoms. The molecule has 0 amide bonds. The Morgan fingerprint density at radius 1 is 1.33 bits per heavy atom. The molecular formula is C14H20O. The number of aliphatic hydroxyl groups is 1. The summed E-state index contributed by atoms with van der Waals surface area (Å²) >= 11 is 0. The van der Waals surface area contributed by atoms with Gasteiger partial charge in [0.05, 0.1) is 6.10 Å². The van der Waals surface area contributed by atoms with Gasteiger partial charge in [0.1, 0.15) is 0 Å². The molecule has 0 aromatic carbocycles. The van der Waals surface area contributed by atoms with E-state index in [1.165, 1.54) is 32.1 Å². The summed E-state index contributed by atoms with van der Waals surface area (Å²) in [6.45, 7) is 3.55.